The Balaban J connectivity index is 1.99. The third-order valence-electron chi connectivity index (χ3n) is 17.6. The van der Waals surface area contributed by atoms with E-state index in [1.807, 2.05) is 0 Å². The van der Waals surface area contributed by atoms with Gasteiger partial charge >= 0.3 is 0 Å². The summed E-state index contributed by atoms with van der Waals surface area (Å²) in [6, 6.07) is -0.715. The maximum atomic E-state index is 13.1. The van der Waals surface area contributed by atoms with Crippen LogP contribution in [0.2, 0.25) is 0 Å². The fourth-order valence-electron chi connectivity index (χ4n) is 12.0. The predicted octanol–water partition coefficient (Wildman–Crippen LogP) is 19.5. The topological polar surface area (TPSA) is 149 Å². The van der Waals surface area contributed by atoms with Crippen LogP contribution in [0.3, 0.4) is 0 Å². The highest BCUT2D eigenvalue weighted by atomic mass is 16.7. The lowest BCUT2D eigenvalue weighted by Gasteiger charge is -2.40. The van der Waals surface area contributed by atoms with E-state index in [0.717, 1.165) is 38.5 Å². The van der Waals surface area contributed by atoms with Gasteiger partial charge in [0, 0.05) is 6.42 Å². The van der Waals surface area contributed by atoms with Gasteiger partial charge in [-0.1, -0.05) is 347 Å². The Kier molecular flexibility index (Phi) is 58.7. The van der Waals surface area contributed by atoms with Crippen molar-refractivity contribution in [1.82, 2.24) is 5.32 Å². The van der Waals surface area contributed by atoms with Gasteiger partial charge < -0.3 is 40.3 Å². The molecule has 0 radical (unpaired) electrons. The first-order valence-corrected chi connectivity index (χ1v) is 35.9. The number of ether oxygens (including phenoxy) is 2. The minimum atomic E-state index is -1.55. The number of hydrogen-bond donors (Lipinski definition) is 6. The number of carbonyl (C=O) groups excluding carboxylic acids is 1. The highest BCUT2D eigenvalue weighted by Crippen LogP contribution is 2.24. The maximum Gasteiger partial charge on any atom is 0.220 e. The van der Waals surface area contributed by atoms with Gasteiger partial charge in [0.25, 0.3) is 0 Å². The molecule has 80 heavy (non-hydrogen) atoms. The number of allylic oxidation sites excluding steroid dienone is 2. The van der Waals surface area contributed by atoms with E-state index < -0.39 is 49.5 Å². The minimum Gasteiger partial charge on any atom is -0.394 e. The summed E-state index contributed by atoms with van der Waals surface area (Å²) >= 11 is 0. The molecule has 0 aromatic rings. The second-order valence-electron chi connectivity index (χ2n) is 25.4. The first kappa shape index (κ1) is 76.9. The Morgan fingerprint density at radius 2 is 0.700 bits per heavy atom. The summed E-state index contributed by atoms with van der Waals surface area (Å²) in [6.45, 7) is 3.89. The molecule has 1 aliphatic heterocycles. The third-order valence-corrected chi connectivity index (χ3v) is 17.6. The molecule has 0 spiro atoms. The van der Waals surface area contributed by atoms with Crippen molar-refractivity contribution in [3.05, 3.63) is 12.2 Å². The van der Waals surface area contributed by atoms with E-state index in [1.54, 1.807) is 0 Å². The Morgan fingerprint density at radius 1 is 0.412 bits per heavy atom. The van der Waals surface area contributed by atoms with Gasteiger partial charge in [0.15, 0.2) is 6.29 Å². The van der Waals surface area contributed by atoms with Crippen LogP contribution < -0.4 is 5.32 Å². The maximum absolute atomic E-state index is 13.1. The Morgan fingerprint density at radius 3 is 1.01 bits per heavy atom. The third kappa shape index (κ3) is 49.2. The van der Waals surface area contributed by atoms with Gasteiger partial charge in [0.05, 0.1) is 25.4 Å². The van der Waals surface area contributed by atoms with Crippen LogP contribution in [0.5, 0.6) is 0 Å². The van der Waals surface area contributed by atoms with Crippen molar-refractivity contribution in [3.63, 3.8) is 0 Å². The van der Waals surface area contributed by atoms with Crippen LogP contribution in [0.15, 0.2) is 12.2 Å². The summed E-state index contributed by atoms with van der Waals surface area (Å²) in [6.07, 6.45) is 71.7. The van der Waals surface area contributed by atoms with E-state index in [-0.39, 0.29) is 12.5 Å². The number of rotatable bonds is 64. The first-order chi connectivity index (χ1) is 39.3. The molecule has 1 saturated heterocycles. The minimum absolute atomic E-state index is 0.131. The van der Waals surface area contributed by atoms with Gasteiger partial charge in [0.2, 0.25) is 5.91 Å². The molecule has 476 valence electrons. The van der Waals surface area contributed by atoms with E-state index in [1.165, 1.54) is 315 Å². The van der Waals surface area contributed by atoms with Gasteiger partial charge in [-0.25, -0.2) is 0 Å². The van der Waals surface area contributed by atoms with Crippen molar-refractivity contribution in [3.8, 4) is 0 Å². The fraction of sp³-hybridized carbons (Fsp3) is 0.958. The summed E-state index contributed by atoms with van der Waals surface area (Å²) in [5.41, 5.74) is 0. The van der Waals surface area contributed by atoms with Gasteiger partial charge in [-0.3, -0.25) is 4.79 Å². The van der Waals surface area contributed by atoms with Gasteiger partial charge in [-0.15, -0.1) is 0 Å². The molecular formula is C71H139NO8. The first-order valence-electron chi connectivity index (χ1n) is 35.9. The highest BCUT2D eigenvalue weighted by Gasteiger charge is 2.44. The molecule has 1 aliphatic rings. The highest BCUT2D eigenvalue weighted by molar-refractivity contribution is 5.76. The Labute approximate surface area is 496 Å². The summed E-state index contributed by atoms with van der Waals surface area (Å²) in [5.74, 6) is -0.135. The fourth-order valence-corrected chi connectivity index (χ4v) is 12.0. The molecule has 0 aromatic heterocycles. The zero-order chi connectivity index (χ0) is 57.9. The average Bonchev–Trinajstić information content (AvgIpc) is 3.46. The molecule has 0 saturated carbocycles. The van der Waals surface area contributed by atoms with Gasteiger partial charge in [0.1, 0.15) is 24.4 Å². The molecular weight excluding hydrogens is 995 g/mol. The normalized spacial score (nSPS) is 18.4. The lowest BCUT2D eigenvalue weighted by atomic mass is 9.99. The molecule has 1 fully saturated rings. The number of carbonyl (C=O) groups is 1. The van der Waals surface area contributed by atoms with E-state index in [9.17, 15) is 30.3 Å². The van der Waals surface area contributed by atoms with Crippen LogP contribution in [0.25, 0.3) is 0 Å². The van der Waals surface area contributed by atoms with Crippen LogP contribution in [0, 0.1) is 0 Å². The molecule has 0 aromatic carbocycles. The van der Waals surface area contributed by atoms with E-state index >= 15 is 0 Å². The van der Waals surface area contributed by atoms with Gasteiger partial charge in [-0.05, 0) is 38.5 Å². The SMILES string of the molecule is CCCCCCCCCC/C=C\CCCCCCCCCCCCCCCCCCCCCCCCCCCCCCCC(=O)NC(COC1OC(CO)C(O)C(O)C1O)C(O)CCCCCCCCCCCCCCCCCC. The molecule has 1 amide bonds. The van der Waals surface area contributed by atoms with Crippen molar-refractivity contribution in [2.24, 2.45) is 0 Å². The number of amides is 1. The van der Waals surface area contributed by atoms with Crippen molar-refractivity contribution >= 4 is 5.91 Å². The standard InChI is InChI=1S/C71H139NO8/c1-3-5-7-9-11-13-15-17-19-21-22-23-24-25-26-27-28-29-30-31-32-33-34-35-36-37-38-39-40-41-42-43-44-45-47-49-51-53-55-57-59-61-67(75)72-64(63-79-71-70(78)69(77)68(76)66(62-73)80-71)65(74)60-58-56-54-52-50-48-46-20-18-16-14-12-10-8-6-4-2/h21-22,64-66,68-71,73-74,76-78H,3-20,23-63H2,1-2H3,(H,72,75)/b22-21-. The van der Waals surface area contributed by atoms with Crippen molar-refractivity contribution in [2.75, 3.05) is 13.2 Å². The molecule has 0 aliphatic carbocycles. The lowest BCUT2D eigenvalue weighted by Crippen LogP contribution is -2.60. The number of aliphatic hydroxyl groups excluding tert-OH is 5. The van der Waals surface area contributed by atoms with Crippen LogP contribution in [-0.2, 0) is 14.3 Å². The van der Waals surface area contributed by atoms with Gasteiger partial charge in [-0.2, -0.15) is 0 Å². The monoisotopic (exact) mass is 1130 g/mol. The lowest BCUT2D eigenvalue weighted by molar-refractivity contribution is -0.302. The molecule has 9 nitrogen and oxygen atoms in total. The molecule has 6 N–H and O–H groups in total. The predicted molar refractivity (Wildman–Crippen MR) is 341 cm³/mol. The van der Waals surface area contributed by atoms with E-state index in [2.05, 4.69) is 31.3 Å². The van der Waals surface area contributed by atoms with Crippen LogP contribution in [0.1, 0.15) is 380 Å². The Hall–Kier alpha value is -1.07. The average molecular weight is 1130 g/mol. The van der Waals surface area contributed by atoms with Crippen LogP contribution in [-0.4, -0.2) is 87.5 Å². The van der Waals surface area contributed by atoms with Crippen LogP contribution >= 0.6 is 0 Å². The number of unbranched alkanes of at least 4 members (excludes halogenated alkanes) is 52. The molecule has 0 bridgehead atoms. The zero-order valence-electron chi connectivity index (χ0n) is 53.4. The van der Waals surface area contributed by atoms with Crippen molar-refractivity contribution < 1.29 is 39.8 Å². The Bertz CT molecular complexity index is 1270. The number of nitrogens with one attached hydrogen (secondary N) is 1. The van der Waals surface area contributed by atoms with Crippen molar-refractivity contribution in [1.29, 1.82) is 0 Å². The summed E-state index contributed by atoms with van der Waals surface area (Å²) in [4.78, 5) is 13.1. The van der Waals surface area contributed by atoms with Crippen LogP contribution in [0.4, 0.5) is 0 Å². The second-order valence-corrected chi connectivity index (χ2v) is 25.4. The second kappa shape index (κ2) is 61.0. The van der Waals surface area contributed by atoms with E-state index in [0.29, 0.717) is 12.8 Å². The summed E-state index contributed by atoms with van der Waals surface area (Å²) in [5, 5.41) is 54.8. The molecule has 1 rings (SSSR count). The summed E-state index contributed by atoms with van der Waals surface area (Å²) in [7, 11) is 0. The molecule has 1 heterocycles. The molecule has 7 unspecified atom stereocenters. The van der Waals surface area contributed by atoms with Crippen molar-refractivity contribution in [2.45, 2.75) is 423 Å². The number of hydrogen-bond acceptors (Lipinski definition) is 8. The number of aliphatic hydroxyl groups is 5. The van der Waals surface area contributed by atoms with E-state index in [4.69, 9.17) is 9.47 Å². The summed E-state index contributed by atoms with van der Waals surface area (Å²) < 4.78 is 11.3. The smallest absolute Gasteiger partial charge is 0.220 e. The molecule has 9 heteroatoms. The zero-order valence-corrected chi connectivity index (χ0v) is 53.4. The largest absolute Gasteiger partial charge is 0.394 e. The molecule has 7 atom stereocenters. The quantitative estimate of drug-likeness (QED) is 0.0261.